The van der Waals surface area contributed by atoms with Crippen molar-refractivity contribution in [3.05, 3.63) is 87.7 Å². The first-order valence-corrected chi connectivity index (χ1v) is 12.3. The van der Waals surface area contributed by atoms with Crippen molar-refractivity contribution in [1.82, 2.24) is 9.78 Å². The number of hydrogen-bond donors (Lipinski definition) is 0. The van der Waals surface area contributed by atoms with Gasteiger partial charge in [-0.3, -0.25) is 14.3 Å². The fraction of sp³-hybridized carbons (Fsp3) is 0.250. The fourth-order valence-electron chi connectivity index (χ4n) is 5.47. The van der Waals surface area contributed by atoms with Crippen molar-refractivity contribution >= 4 is 45.6 Å². The van der Waals surface area contributed by atoms with Crippen LogP contribution in [0.4, 0.5) is 11.4 Å². The Morgan fingerprint density at radius 2 is 1.60 bits per heavy atom. The van der Waals surface area contributed by atoms with Crippen LogP contribution in [0.25, 0.3) is 10.8 Å². The highest BCUT2D eigenvalue weighted by Crippen LogP contribution is 2.39. The summed E-state index contributed by atoms with van der Waals surface area (Å²) in [5.41, 5.74) is 5.03. The SMILES string of the molecule is Cc1nn(Cc2ccccc2Cl)c(C)c1N1C(=O)c2cccc3c(N4CCCC4)ccc(c23)C1=O. The summed E-state index contributed by atoms with van der Waals surface area (Å²) in [5.74, 6) is -0.620. The van der Waals surface area contributed by atoms with E-state index in [1.807, 2.05) is 68.4 Å². The summed E-state index contributed by atoms with van der Waals surface area (Å²) in [6, 6.07) is 17.3. The van der Waals surface area contributed by atoms with E-state index in [-0.39, 0.29) is 11.8 Å². The Labute approximate surface area is 208 Å². The van der Waals surface area contributed by atoms with E-state index in [4.69, 9.17) is 11.6 Å². The molecule has 6 rings (SSSR count). The number of amides is 2. The number of hydrogen-bond acceptors (Lipinski definition) is 4. The van der Waals surface area contributed by atoms with Crippen molar-refractivity contribution in [2.75, 3.05) is 22.9 Å². The predicted molar refractivity (Wildman–Crippen MR) is 139 cm³/mol. The van der Waals surface area contributed by atoms with E-state index in [2.05, 4.69) is 10.00 Å². The molecule has 4 aromatic rings. The first kappa shape index (κ1) is 21.9. The van der Waals surface area contributed by atoms with Gasteiger partial charge in [0, 0.05) is 45.7 Å². The molecule has 1 fully saturated rings. The molecular weight excluding hydrogens is 460 g/mol. The van der Waals surface area contributed by atoms with Crippen molar-refractivity contribution in [3.8, 4) is 0 Å². The molecule has 0 unspecified atom stereocenters. The van der Waals surface area contributed by atoms with Gasteiger partial charge in [-0.25, -0.2) is 4.90 Å². The maximum atomic E-state index is 13.8. The standard InChI is InChI=1S/C28H25ClN4O2/c1-17-26(18(2)32(30-17)16-19-8-3-4-11-23(19)29)33-27(34)21-10-7-9-20-24(31-14-5-6-15-31)13-12-22(25(20)21)28(33)35/h3-4,7-13H,5-6,14-16H2,1-2H3. The summed E-state index contributed by atoms with van der Waals surface area (Å²) in [6.07, 6.45) is 2.32. The van der Waals surface area contributed by atoms with Gasteiger partial charge < -0.3 is 4.90 Å². The van der Waals surface area contributed by atoms with Gasteiger partial charge in [0.05, 0.1) is 23.6 Å². The summed E-state index contributed by atoms with van der Waals surface area (Å²) in [7, 11) is 0. The predicted octanol–water partition coefficient (Wildman–Crippen LogP) is 5.76. The molecule has 2 amide bonds. The van der Waals surface area contributed by atoms with Crippen LogP contribution in [0.2, 0.25) is 5.02 Å². The minimum absolute atomic E-state index is 0.310. The van der Waals surface area contributed by atoms with Gasteiger partial charge in [0.25, 0.3) is 11.8 Å². The zero-order valence-electron chi connectivity index (χ0n) is 19.7. The number of carbonyl (C=O) groups excluding carboxylic acids is 2. The molecular formula is C28H25ClN4O2. The molecule has 0 bridgehead atoms. The molecule has 6 nitrogen and oxygen atoms in total. The average molecular weight is 485 g/mol. The van der Waals surface area contributed by atoms with Gasteiger partial charge >= 0.3 is 0 Å². The largest absolute Gasteiger partial charge is 0.371 e. The molecule has 0 saturated carbocycles. The number of rotatable bonds is 4. The lowest BCUT2D eigenvalue weighted by atomic mass is 9.92. The van der Waals surface area contributed by atoms with Crippen LogP contribution in [0, 0.1) is 13.8 Å². The lowest BCUT2D eigenvalue weighted by molar-refractivity contribution is 0.0893. The van der Waals surface area contributed by atoms with Gasteiger partial charge in [-0.05, 0) is 56.5 Å². The average Bonchev–Trinajstić information content (AvgIpc) is 3.48. The van der Waals surface area contributed by atoms with Crippen LogP contribution >= 0.6 is 11.6 Å². The van der Waals surface area contributed by atoms with E-state index in [0.717, 1.165) is 53.6 Å². The Morgan fingerprint density at radius 1 is 0.886 bits per heavy atom. The molecule has 0 spiro atoms. The molecule has 1 aromatic heterocycles. The van der Waals surface area contributed by atoms with E-state index >= 15 is 0 Å². The van der Waals surface area contributed by atoms with Gasteiger partial charge in [0.2, 0.25) is 0 Å². The molecule has 35 heavy (non-hydrogen) atoms. The van der Waals surface area contributed by atoms with Gasteiger partial charge in [0.1, 0.15) is 0 Å². The van der Waals surface area contributed by atoms with Crippen LogP contribution in [0.1, 0.15) is 50.5 Å². The summed E-state index contributed by atoms with van der Waals surface area (Å²) < 4.78 is 1.80. The highest BCUT2D eigenvalue weighted by molar-refractivity contribution is 6.36. The Bertz CT molecular complexity index is 1490. The molecule has 0 aliphatic carbocycles. The maximum Gasteiger partial charge on any atom is 0.266 e. The number of aryl methyl sites for hydroxylation is 1. The molecule has 0 radical (unpaired) electrons. The zero-order chi connectivity index (χ0) is 24.3. The Kier molecular flexibility index (Phi) is 5.15. The summed E-state index contributed by atoms with van der Waals surface area (Å²) in [5, 5.41) is 7.04. The molecule has 3 aromatic carbocycles. The second-order valence-corrected chi connectivity index (χ2v) is 9.68. The van der Waals surface area contributed by atoms with E-state index < -0.39 is 0 Å². The van der Waals surface area contributed by atoms with Crippen LogP contribution in [-0.2, 0) is 6.54 Å². The quantitative estimate of drug-likeness (QED) is 0.346. The summed E-state index contributed by atoms with van der Waals surface area (Å²) in [4.78, 5) is 31.3. The highest BCUT2D eigenvalue weighted by atomic mass is 35.5. The number of imide groups is 1. The third kappa shape index (κ3) is 3.35. The van der Waals surface area contributed by atoms with Gasteiger partial charge in [-0.15, -0.1) is 0 Å². The van der Waals surface area contributed by atoms with Crippen molar-refractivity contribution in [2.45, 2.75) is 33.2 Å². The monoisotopic (exact) mass is 484 g/mol. The zero-order valence-corrected chi connectivity index (χ0v) is 20.5. The van der Waals surface area contributed by atoms with Crippen molar-refractivity contribution < 1.29 is 9.59 Å². The molecule has 176 valence electrons. The molecule has 0 atom stereocenters. The molecule has 2 aliphatic rings. The first-order chi connectivity index (χ1) is 17.0. The van der Waals surface area contributed by atoms with Crippen LogP contribution in [0.5, 0.6) is 0 Å². The molecule has 2 aliphatic heterocycles. The number of benzene rings is 3. The third-order valence-corrected chi connectivity index (χ3v) is 7.54. The van der Waals surface area contributed by atoms with Crippen molar-refractivity contribution in [2.24, 2.45) is 0 Å². The van der Waals surface area contributed by atoms with E-state index in [1.54, 1.807) is 4.68 Å². The summed E-state index contributed by atoms with van der Waals surface area (Å²) in [6.45, 7) is 6.16. The van der Waals surface area contributed by atoms with Gasteiger partial charge in [-0.2, -0.15) is 5.10 Å². The maximum absolute atomic E-state index is 13.8. The molecule has 7 heteroatoms. The molecule has 1 saturated heterocycles. The number of anilines is 2. The number of nitrogens with zero attached hydrogens (tertiary/aromatic N) is 4. The van der Waals surface area contributed by atoms with E-state index in [0.29, 0.717) is 34.1 Å². The number of carbonyl (C=O) groups is 2. The number of aromatic nitrogens is 2. The van der Waals surface area contributed by atoms with E-state index in [1.165, 1.54) is 4.90 Å². The normalized spacial score (nSPS) is 15.5. The van der Waals surface area contributed by atoms with Crippen LogP contribution < -0.4 is 9.80 Å². The van der Waals surface area contributed by atoms with Crippen LogP contribution in [-0.4, -0.2) is 34.7 Å². The fourth-order valence-corrected chi connectivity index (χ4v) is 5.67. The smallest absolute Gasteiger partial charge is 0.266 e. The van der Waals surface area contributed by atoms with Crippen LogP contribution in [0.3, 0.4) is 0 Å². The minimum Gasteiger partial charge on any atom is -0.371 e. The first-order valence-electron chi connectivity index (χ1n) is 11.9. The van der Waals surface area contributed by atoms with Crippen LogP contribution in [0.15, 0.2) is 54.6 Å². The Hall–Kier alpha value is -3.64. The second-order valence-electron chi connectivity index (χ2n) is 9.27. The van der Waals surface area contributed by atoms with Crippen molar-refractivity contribution in [1.29, 1.82) is 0 Å². The van der Waals surface area contributed by atoms with Gasteiger partial charge in [-0.1, -0.05) is 41.9 Å². The lowest BCUT2D eigenvalue weighted by Crippen LogP contribution is -2.41. The Balaban J connectivity index is 1.45. The number of halogens is 1. The Morgan fingerprint density at radius 3 is 2.34 bits per heavy atom. The topological polar surface area (TPSA) is 58.4 Å². The van der Waals surface area contributed by atoms with Gasteiger partial charge in [0.15, 0.2) is 0 Å². The van der Waals surface area contributed by atoms with Crippen molar-refractivity contribution in [3.63, 3.8) is 0 Å². The van der Waals surface area contributed by atoms with E-state index in [9.17, 15) is 9.59 Å². The summed E-state index contributed by atoms with van der Waals surface area (Å²) >= 11 is 6.37. The molecule has 0 N–H and O–H groups in total. The second kappa shape index (κ2) is 8.24. The third-order valence-electron chi connectivity index (χ3n) is 7.18. The molecule has 3 heterocycles. The highest BCUT2D eigenvalue weighted by Gasteiger charge is 2.37. The minimum atomic E-state index is -0.310. The lowest BCUT2D eigenvalue weighted by Gasteiger charge is -2.29.